The second kappa shape index (κ2) is 10.8. The number of likely N-dealkylation sites (N-methyl/N-ethyl adjacent to an activating group) is 1. The minimum atomic E-state index is -0.545. The molecule has 0 radical (unpaired) electrons. The van der Waals surface area contributed by atoms with Crippen LogP contribution in [0, 0.1) is 5.82 Å². The van der Waals surface area contributed by atoms with Crippen LogP contribution in [0.15, 0.2) is 47.7 Å². The molecule has 30 heavy (non-hydrogen) atoms. The molecule has 0 aliphatic carbocycles. The number of allylic oxidation sites excluding steroid dienone is 2. The standard InChI is InChI=1S/C20H24FN3O4.C2H6/c1-22(2)11-12-28-17-8-7-16(25)19(26)18-20(27)23(9-10-24(17)18)13-14-3-5-15(21)6-4-14;1-2/h3-6,8,26H,7,9-13H2,1-2H3;1-2H3. The topological polar surface area (TPSA) is 73.3 Å². The summed E-state index contributed by atoms with van der Waals surface area (Å²) in [4.78, 5) is 30.3. The van der Waals surface area contributed by atoms with Crippen LogP contribution in [0.25, 0.3) is 0 Å². The summed E-state index contributed by atoms with van der Waals surface area (Å²) in [5.41, 5.74) is 0.702. The first kappa shape index (κ1) is 23.4. The predicted octanol–water partition coefficient (Wildman–Crippen LogP) is 2.66. The zero-order valence-corrected chi connectivity index (χ0v) is 18.0. The molecule has 2 heterocycles. The van der Waals surface area contributed by atoms with E-state index in [-0.39, 0.29) is 24.5 Å². The van der Waals surface area contributed by atoms with Crippen molar-refractivity contribution in [2.75, 3.05) is 40.3 Å². The fraction of sp³-hybridized carbons (Fsp3) is 0.455. The summed E-state index contributed by atoms with van der Waals surface area (Å²) in [6, 6.07) is 5.89. The van der Waals surface area contributed by atoms with E-state index in [4.69, 9.17) is 4.74 Å². The van der Waals surface area contributed by atoms with Gasteiger partial charge in [-0.3, -0.25) is 9.59 Å². The number of halogens is 1. The summed E-state index contributed by atoms with van der Waals surface area (Å²) in [6.07, 6.45) is 1.57. The van der Waals surface area contributed by atoms with Gasteiger partial charge in [-0.1, -0.05) is 26.0 Å². The third kappa shape index (κ3) is 5.60. The quantitative estimate of drug-likeness (QED) is 0.764. The molecule has 8 heteroatoms. The largest absolute Gasteiger partial charge is 0.503 e. The van der Waals surface area contributed by atoms with E-state index < -0.39 is 17.4 Å². The van der Waals surface area contributed by atoms with Crippen molar-refractivity contribution in [3.8, 4) is 0 Å². The Morgan fingerprint density at radius 3 is 2.43 bits per heavy atom. The van der Waals surface area contributed by atoms with Gasteiger partial charge in [0.25, 0.3) is 5.91 Å². The summed E-state index contributed by atoms with van der Waals surface area (Å²) in [5.74, 6) is -1.46. The maximum atomic E-state index is 13.1. The first-order chi connectivity index (χ1) is 14.4. The minimum absolute atomic E-state index is 0.0334. The Balaban J connectivity index is 0.00000155. The van der Waals surface area contributed by atoms with Gasteiger partial charge in [-0.05, 0) is 37.9 Å². The Kier molecular flexibility index (Phi) is 8.41. The van der Waals surface area contributed by atoms with Crippen molar-refractivity contribution >= 4 is 11.7 Å². The Bertz CT molecular complexity index is 818. The molecular weight excluding hydrogens is 389 g/mol. The van der Waals surface area contributed by atoms with Crippen LogP contribution in [0.4, 0.5) is 4.39 Å². The van der Waals surface area contributed by atoms with Gasteiger partial charge in [0.2, 0.25) is 5.78 Å². The molecule has 1 saturated heterocycles. The number of ketones is 1. The van der Waals surface area contributed by atoms with E-state index in [0.717, 1.165) is 5.56 Å². The molecule has 7 nitrogen and oxygen atoms in total. The van der Waals surface area contributed by atoms with Crippen LogP contribution in [0.1, 0.15) is 25.8 Å². The van der Waals surface area contributed by atoms with Gasteiger partial charge in [-0.2, -0.15) is 0 Å². The molecule has 3 rings (SSSR count). The molecule has 1 aromatic rings. The highest BCUT2D eigenvalue weighted by Crippen LogP contribution is 2.28. The average Bonchev–Trinajstić information content (AvgIpc) is 2.85. The van der Waals surface area contributed by atoms with Crippen molar-refractivity contribution in [1.29, 1.82) is 0 Å². The fourth-order valence-corrected chi connectivity index (χ4v) is 3.10. The van der Waals surface area contributed by atoms with Gasteiger partial charge in [0.1, 0.15) is 12.4 Å². The van der Waals surface area contributed by atoms with Gasteiger partial charge in [0.05, 0.1) is 0 Å². The molecule has 164 valence electrons. The third-order valence-corrected chi connectivity index (χ3v) is 4.64. The maximum absolute atomic E-state index is 13.1. The number of aliphatic hydroxyl groups excluding tert-OH is 1. The Labute approximate surface area is 177 Å². The first-order valence-corrected chi connectivity index (χ1v) is 10.1. The van der Waals surface area contributed by atoms with E-state index in [1.807, 2.05) is 32.8 Å². The van der Waals surface area contributed by atoms with Gasteiger partial charge in [-0.15, -0.1) is 0 Å². The number of aliphatic hydroxyl groups is 1. The van der Waals surface area contributed by atoms with Gasteiger partial charge < -0.3 is 24.5 Å². The van der Waals surface area contributed by atoms with Crippen LogP contribution in [-0.2, 0) is 20.9 Å². The van der Waals surface area contributed by atoms with E-state index >= 15 is 0 Å². The van der Waals surface area contributed by atoms with Crippen molar-refractivity contribution in [2.45, 2.75) is 26.8 Å². The van der Waals surface area contributed by atoms with Crippen LogP contribution in [0.5, 0.6) is 0 Å². The van der Waals surface area contributed by atoms with Crippen molar-refractivity contribution in [2.24, 2.45) is 0 Å². The summed E-state index contributed by atoms with van der Waals surface area (Å²) < 4.78 is 18.9. The zero-order valence-electron chi connectivity index (χ0n) is 18.0. The number of amides is 1. The van der Waals surface area contributed by atoms with Crippen LogP contribution in [0.2, 0.25) is 0 Å². The smallest absolute Gasteiger partial charge is 0.274 e. The molecule has 1 N–H and O–H groups in total. The lowest BCUT2D eigenvalue weighted by atomic mass is 10.1. The first-order valence-electron chi connectivity index (χ1n) is 10.1. The molecule has 0 bridgehead atoms. The van der Waals surface area contributed by atoms with Crippen molar-refractivity contribution in [3.05, 3.63) is 59.1 Å². The van der Waals surface area contributed by atoms with E-state index in [0.29, 0.717) is 32.1 Å². The van der Waals surface area contributed by atoms with E-state index in [9.17, 15) is 19.1 Å². The highest BCUT2D eigenvalue weighted by Gasteiger charge is 2.37. The second-order valence-corrected chi connectivity index (χ2v) is 7.02. The van der Waals surface area contributed by atoms with Gasteiger partial charge in [0, 0.05) is 32.6 Å². The molecule has 0 atom stereocenters. The Morgan fingerprint density at radius 1 is 1.13 bits per heavy atom. The number of fused-ring (bicyclic) bond motifs is 1. The summed E-state index contributed by atoms with van der Waals surface area (Å²) in [6.45, 7) is 6.10. The number of benzene rings is 1. The number of rotatable bonds is 6. The lowest BCUT2D eigenvalue weighted by molar-refractivity contribution is -0.133. The molecule has 0 spiro atoms. The molecule has 0 saturated carbocycles. The number of piperazine rings is 1. The van der Waals surface area contributed by atoms with Crippen molar-refractivity contribution < 1.29 is 23.8 Å². The van der Waals surface area contributed by atoms with E-state index in [2.05, 4.69) is 0 Å². The van der Waals surface area contributed by atoms with Crippen LogP contribution in [0.3, 0.4) is 0 Å². The summed E-state index contributed by atoms with van der Waals surface area (Å²) >= 11 is 0. The maximum Gasteiger partial charge on any atom is 0.274 e. The Morgan fingerprint density at radius 2 is 1.80 bits per heavy atom. The summed E-state index contributed by atoms with van der Waals surface area (Å²) in [5, 5.41) is 10.4. The van der Waals surface area contributed by atoms with Gasteiger partial charge in [0.15, 0.2) is 17.3 Å². The highest BCUT2D eigenvalue weighted by molar-refractivity contribution is 6.05. The SMILES string of the molecule is CC.CN(C)CCOC1=CCC(=O)C(O)=C2C(=O)N(Cc3ccc(F)cc3)CCN12. The van der Waals surface area contributed by atoms with Crippen LogP contribution < -0.4 is 0 Å². The van der Waals surface area contributed by atoms with Crippen molar-refractivity contribution in [1.82, 2.24) is 14.7 Å². The number of ether oxygens (including phenoxy) is 1. The molecule has 1 fully saturated rings. The molecule has 2 aliphatic rings. The number of carbonyl (C=O) groups is 2. The number of hydrogen-bond acceptors (Lipinski definition) is 6. The fourth-order valence-electron chi connectivity index (χ4n) is 3.10. The molecule has 2 aliphatic heterocycles. The van der Waals surface area contributed by atoms with E-state index in [1.165, 1.54) is 17.0 Å². The normalized spacial score (nSPS) is 16.7. The number of carbonyl (C=O) groups excluding carboxylic acids is 2. The molecule has 0 aromatic heterocycles. The van der Waals surface area contributed by atoms with Crippen LogP contribution >= 0.6 is 0 Å². The number of hydrogen-bond donors (Lipinski definition) is 1. The number of Topliss-reactive ketones (excluding diaryl/α,β-unsaturated/α-hetero) is 1. The van der Waals surface area contributed by atoms with Gasteiger partial charge >= 0.3 is 0 Å². The lowest BCUT2D eigenvalue weighted by Crippen LogP contribution is -2.48. The lowest BCUT2D eigenvalue weighted by Gasteiger charge is -2.37. The zero-order chi connectivity index (χ0) is 22.3. The molecule has 1 aromatic carbocycles. The highest BCUT2D eigenvalue weighted by atomic mass is 19.1. The van der Waals surface area contributed by atoms with Crippen molar-refractivity contribution in [3.63, 3.8) is 0 Å². The molecule has 1 amide bonds. The second-order valence-electron chi connectivity index (χ2n) is 7.02. The summed E-state index contributed by atoms with van der Waals surface area (Å²) in [7, 11) is 3.84. The van der Waals surface area contributed by atoms with Gasteiger partial charge in [-0.25, -0.2) is 4.39 Å². The third-order valence-electron chi connectivity index (χ3n) is 4.64. The Hall–Kier alpha value is -2.87. The monoisotopic (exact) mass is 419 g/mol. The van der Waals surface area contributed by atoms with E-state index in [1.54, 1.807) is 23.1 Å². The average molecular weight is 419 g/mol. The molecule has 0 unspecified atom stereocenters. The minimum Gasteiger partial charge on any atom is -0.503 e. The predicted molar refractivity (Wildman–Crippen MR) is 112 cm³/mol. The molecular formula is C22H30FN3O4. The number of nitrogens with zero attached hydrogens (tertiary/aromatic N) is 3. The van der Waals surface area contributed by atoms with Crippen LogP contribution in [-0.4, -0.2) is 71.8 Å².